The van der Waals surface area contributed by atoms with Crippen molar-refractivity contribution in [3.63, 3.8) is 0 Å². The summed E-state index contributed by atoms with van der Waals surface area (Å²) in [5.74, 6) is 0.696. The summed E-state index contributed by atoms with van der Waals surface area (Å²) in [6.45, 7) is 8.00. The van der Waals surface area contributed by atoms with Crippen LogP contribution in [0.15, 0.2) is 36.7 Å². The van der Waals surface area contributed by atoms with Gasteiger partial charge in [0.2, 0.25) is 5.91 Å². The quantitative estimate of drug-likeness (QED) is 0.589. The predicted molar refractivity (Wildman–Crippen MR) is 137 cm³/mol. The smallest absolute Gasteiger partial charge is 0.229 e. The molecule has 2 aromatic heterocycles. The van der Waals surface area contributed by atoms with Gasteiger partial charge in [0.25, 0.3) is 0 Å². The first-order valence-electron chi connectivity index (χ1n) is 12.7. The van der Waals surface area contributed by atoms with Gasteiger partial charge in [0.15, 0.2) is 0 Å². The largest absolute Gasteiger partial charge is 0.376 e. The zero-order chi connectivity index (χ0) is 25.0. The number of alkyl halides is 1. The van der Waals surface area contributed by atoms with Crippen molar-refractivity contribution in [1.29, 1.82) is 0 Å². The number of nitrogens with one attached hydrogen (secondary N) is 1. The highest BCUT2D eigenvalue weighted by Gasteiger charge is 2.46. The molecular formula is C27H33FN6O2. The molecule has 2 saturated heterocycles. The lowest BCUT2D eigenvalue weighted by Gasteiger charge is -2.45. The Labute approximate surface area is 210 Å². The molecule has 9 heteroatoms. The SMILES string of the molecule is Cc1cc2cnc(NC(=O)[C@H]3C[C@@H]3c3ccn(C)n3)cc2cc1N1CCN([C@@]2(C)COC[C@H]2F)CC1. The number of hydrogen-bond donors (Lipinski definition) is 1. The molecule has 1 amide bonds. The molecule has 1 saturated carbocycles. The zero-order valence-electron chi connectivity index (χ0n) is 21.1. The van der Waals surface area contributed by atoms with Crippen molar-refractivity contribution in [1.82, 2.24) is 19.7 Å². The van der Waals surface area contributed by atoms with Crippen molar-refractivity contribution < 1.29 is 13.9 Å². The number of carbonyl (C=O) groups is 1. The Balaban J connectivity index is 1.15. The Morgan fingerprint density at radius 3 is 2.69 bits per heavy atom. The second kappa shape index (κ2) is 8.81. The molecule has 3 aliphatic rings. The number of amides is 1. The van der Waals surface area contributed by atoms with Gasteiger partial charge in [-0.1, -0.05) is 0 Å². The van der Waals surface area contributed by atoms with Crippen LogP contribution in [0.2, 0.25) is 0 Å². The number of fused-ring (bicyclic) bond motifs is 1. The van der Waals surface area contributed by atoms with Crippen molar-refractivity contribution in [2.75, 3.05) is 49.6 Å². The number of carbonyl (C=O) groups excluding carboxylic acids is 1. The summed E-state index contributed by atoms with van der Waals surface area (Å²) in [4.78, 5) is 21.9. The number of halogens is 1. The Morgan fingerprint density at radius 1 is 1.19 bits per heavy atom. The van der Waals surface area contributed by atoms with Crippen LogP contribution in [-0.2, 0) is 16.6 Å². The summed E-state index contributed by atoms with van der Waals surface area (Å²) < 4.78 is 21.7. The maximum atomic E-state index is 14.5. The molecule has 0 spiro atoms. The van der Waals surface area contributed by atoms with Gasteiger partial charge in [0.1, 0.15) is 12.0 Å². The summed E-state index contributed by atoms with van der Waals surface area (Å²) in [5, 5.41) is 9.53. The van der Waals surface area contributed by atoms with Crippen LogP contribution in [0.4, 0.5) is 15.9 Å². The van der Waals surface area contributed by atoms with E-state index in [9.17, 15) is 9.18 Å². The zero-order valence-corrected chi connectivity index (χ0v) is 21.1. The molecule has 8 nitrogen and oxygen atoms in total. The number of aromatic nitrogens is 3. The first-order chi connectivity index (χ1) is 17.3. The molecule has 1 aromatic carbocycles. The van der Waals surface area contributed by atoms with Crippen LogP contribution in [-0.4, -0.2) is 76.7 Å². The van der Waals surface area contributed by atoms with Gasteiger partial charge in [0.05, 0.1) is 24.4 Å². The first-order valence-corrected chi connectivity index (χ1v) is 12.7. The summed E-state index contributed by atoms with van der Waals surface area (Å²) in [5.41, 5.74) is 2.80. The van der Waals surface area contributed by atoms with Crippen LogP contribution in [0.3, 0.4) is 0 Å². The van der Waals surface area contributed by atoms with E-state index in [1.807, 2.05) is 38.5 Å². The number of pyridine rings is 1. The number of ether oxygens (including phenoxy) is 1. The predicted octanol–water partition coefficient (Wildman–Crippen LogP) is 3.27. The van der Waals surface area contributed by atoms with E-state index in [1.54, 1.807) is 4.68 Å². The van der Waals surface area contributed by atoms with Crippen molar-refractivity contribution >= 4 is 28.2 Å². The average Bonchev–Trinajstić information content (AvgIpc) is 3.44. The summed E-state index contributed by atoms with van der Waals surface area (Å²) in [7, 11) is 1.89. The third kappa shape index (κ3) is 4.14. The maximum Gasteiger partial charge on any atom is 0.229 e. The molecule has 0 unspecified atom stereocenters. The van der Waals surface area contributed by atoms with Gasteiger partial charge >= 0.3 is 0 Å². The molecule has 1 N–H and O–H groups in total. The average molecular weight is 493 g/mol. The van der Waals surface area contributed by atoms with Gasteiger partial charge in [-0.05, 0) is 55.5 Å². The number of piperazine rings is 1. The Bertz CT molecular complexity index is 1300. The van der Waals surface area contributed by atoms with Crippen LogP contribution in [0.1, 0.15) is 30.5 Å². The summed E-state index contributed by atoms with van der Waals surface area (Å²) in [6.07, 6.45) is 3.61. The van der Waals surface area contributed by atoms with Crippen LogP contribution in [0, 0.1) is 12.8 Å². The van der Waals surface area contributed by atoms with E-state index in [1.165, 1.54) is 11.3 Å². The van der Waals surface area contributed by atoms with E-state index in [4.69, 9.17) is 4.74 Å². The highest BCUT2D eigenvalue weighted by atomic mass is 19.1. The standard InChI is InChI=1S/C27H33FN6O2/c1-17-10-19-14-29-25(30-26(35)21-13-20(21)22-4-5-32(3)31-22)12-18(19)11-23(17)33-6-8-34(9-7-33)27(2)16-36-15-24(27)28/h4-5,10-12,14,20-21,24H,6-9,13,15-16H2,1-3H3,(H,29,30,35)/t20-,21-,24+,27-/m0/s1. The van der Waals surface area contributed by atoms with Crippen LogP contribution in [0.5, 0.6) is 0 Å². The number of nitrogens with zero attached hydrogens (tertiary/aromatic N) is 5. The molecule has 6 rings (SSSR count). The Morgan fingerprint density at radius 2 is 2.00 bits per heavy atom. The highest BCUT2D eigenvalue weighted by Crippen LogP contribution is 2.47. The van der Waals surface area contributed by atoms with Gasteiger partial charge in [0, 0.05) is 68.5 Å². The van der Waals surface area contributed by atoms with E-state index in [0.717, 1.165) is 49.1 Å². The molecule has 4 atom stereocenters. The van der Waals surface area contributed by atoms with Gasteiger partial charge in [-0.15, -0.1) is 0 Å². The number of hydrogen-bond acceptors (Lipinski definition) is 6. The second-order valence-electron chi connectivity index (χ2n) is 10.7. The fourth-order valence-electron chi connectivity index (χ4n) is 5.75. The Hall–Kier alpha value is -3.04. The molecule has 3 aromatic rings. The molecule has 190 valence electrons. The number of benzene rings is 1. The lowest BCUT2D eigenvalue weighted by molar-refractivity contribution is -0.117. The van der Waals surface area contributed by atoms with Gasteiger partial charge in [-0.3, -0.25) is 14.4 Å². The van der Waals surface area contributed by atoms with E-state index < -0.39 is 11.7 Å². The lowest BCUT2D eigenvalue weighted by atomic mass is 9.96. The van der Waals surface area contributed by atoms with E-state index in [0.29, 0.717) is 12.4 Å². The van der Waals surface area contributed by atoms with Crippen molar-refractivity contribution in [2.24, 2.45) is 13.0 Å². The number of aryl methyl sites for hydroxylation is 2. The van der Waals surface area contributed by atoms with Crippen molar-refractivity contribution in [2.45, 2.75) is 37.9 Å². The minimum absolute atomic E-state index is 0.00323. The van der Waals surface area contributed by atoms with Gasteiger partial charge in [-0.2, -0.15) is 5.10 Å². The minimum Gasteiger partial charge on any atom is -0.376 e. The van der Waals surface area contributed by atoms with Crippen molar-refractivity contribution in [3.05, 3.63) is 47.9 Å². The van der Waals surface area contributed by atoms with E-state index in [2.05, 4.69) is 44.3 Å². The van der Waals surface area contributed by atoms with E-state index >= 15 is 0 Å². The first kappa shape index (κ1) is 23.4. The van der Waals surface area contributed by atoms with Gasteiger partial charge < -0.3 is 15.0 Å². The maximum absolute atomic E-state index is 14.5. The molecule has 2 aliphatic heterocycles. The van der Waals surface area contributed by atoms with Crippen LogP contribution < -0.4 is 10.2 Å². The number of anilines is 2. The minimum atomic E-state index is -0.942. The highest BCUT2D eigenvalue weighted by molar-refractivity contribution is 5.97. The van der Waals surface area contributed by atoms with Crippen molar-refractivity contribution in [3.8, 4) is 0 Å². The second-order valence-corrected chi connectivity index (χ2v) is 10.7. The van der Waals surface area contributed by atoms with Crippen LogP contribution >= 0.6 is 0 Å². The molecule has 3 fully saturated rings. The third-order valence-electron chi connectivity index (χ3n) is 8.21. The topological polar surface area (TPSA) is 75.5 Å². The van der Waals surface area contributed by atoms with Gasteiger partial charge in [-0.25, -0.2) is 9.37 Å². The normalized spacial score (nSPS) is 28.6. The fraction of sp³-hybridized carbons (Fsp3) is 0.519. The van der Waals surface area contributed by atoms with E-state index in [-0.39, 0.29) is 24.3 Å². The van der Waals surface area contributed by atoms with Crippen LogP contribution in [0.25, 0.3) is 10.8 Å². The molecule has 0 radical (unpaired) electrons. The molecule has 4 heterocycles. The third-order valence-corrected chi connectivity index (χ3v) is 8.21. The summed E-state index contributed by atoms with van der Waals surface area (Å²) in [6, 6.07) is 8.27. The molecule has 0 bridgehead atoms. The molecule has 1 aliphatic carbocycles. The monoisotopic (exact) mass is 492 g/mol. The summed E-state index contributed by atoms with van der Waals surface area (Å²) >= 11 is 0. The Kier molecular flexibility index (Phi) is 5.72. The molecular weight excluding hydrogens is 459 g/mol. The molecule has 36 heavy (non-hydrogen) atoms. The fourth-order valence-corrected chi connectivity index (χ4v) is 5.75. The number of rotatable bonds is 5. The lowest BCUT2D eigenvalue weighted by Crippen LogP contribution is -2.59.